The Morgan fingerprint density at radius 2 is 1.83 bits per heavy atom. The zero-order valence-electron chi connectivity index (χ0n) is 13.1. The number of hydrogen-bond donors (Lipinski definition) is 0. The third kappa shape index (κ3) is 1.81. The second-order valence-corrected chi connectivity index (χ2v) is 6.17. The van der Waals surface area contributed by atoms with Crippen LogP contribution in [0.2, 0.25) is 0 Å². The van der Waals surface area contributed by atoms with E-state index in [0.717, 1.165) is 51.0 Å². The number of carbonyl (C=O) groups is 1. The number of hydrogen-bond acceptors (Lipinski definition) is 3. The Morgan fingerprint density at radius 3 is 2.71 bits per heavy atom. The van der Waals surface area contributed by atoms with Crippen LogP contribution in [0.4, 0.5) is 0 Å². The van der Waals surface area contributed by atoms with Crippen molar-refractivity contribution in [1.82, 2.24) is 0 Å². The first-order valence-electron chi connectivity index (χ1n) is 7.95. The largest absolute Gasteiger partial charge is 0.457 e. The van der Waals surface area contributed by atoms with Crippen LogP contribution in [0.3, 0.4) is 0 Å². The Balaban J connectivity index is 1.74. The van der Waals surface area contributed by atoms with Gasteiger partial charge in [0.25, 0.3) is 0 Å². The Kier molecular flexibility index (Phi) is 2.63. The maximum Gasteiger partial charge on any atom is 0.159 e. The van der Waals surface area contributed by atoms with Gasteiger partial charge < -0.3 is 9.15 Å². The molecule has 3 nitrogen and oxygen atoms in total. The summed E-state index contributed by atoms with van der Waals surface area (Å²) in [6.07, 6.45) is 0.768. The van der Waals surface area contributed by atoms with Gasteiger partial charge in [0.1, 0.15) is 22.7 Å². The van der Waals surface area contributed by atoms with E-state index in [1.54, 1.807) is 6.92 Å². The van der Waals surface area contributed by atoms with Crippen LogP contribution >= 0.6 is 0 Å². The van der Waals surface area contributed by atoms with Crippen LogP contribution in [0.15, 0.2) is 59.0 Å². The van der Waals surface area contributed by atoms with Crippen LogP contribution in [-0.4, -0.2) is 5.78 Å². The second-order valence-electron chi connectivity index (χ2n) is 6.17. The van der Waals surface area contributed by atoms with E-state index in [1.807, 2.05) is 48.5 Å². The van der Waals surface area contributed by atoms with Crippen LogP contribution in [-0.2, 0) is 6.42 Å². The van der Waals surface area contributed by atoms with Crippen LogP contribution in [0.1, 0.15) is 28.4 Å². The van der Waals surface area contributed by atoms with Crippen molar-refractivity contribution in [2.45, 2.75) is 13.3 Å². The summed E-state index contributed by atoms with van der Waals surface area (Å²) >= 11 is 0. The molecule has 1 aliphatic heterocycles. The molecule has 116 valence electrons. The molecule has 0 saturated heterocycles. The molecule has 24 heavy (non-hydrogen) atoms. The Bertz CT molecular complexity index is 1130. The first kappa shape index (κ1) is 13.4. The number of rotatable bonds is 1. The van der Waals surface area contributed by atoms with E-state index in [-0.39, 0.29) is 5.78 Å². The molecule has 1 aliphatic rings. The summed E-state index contributed by atoms with van der Waals surface area (Å²) in [6, 6.07) is 17.6. The number of fused-ring (bicyclic) bond motifs is 6. The zero-order chi connectivity index (χ0) is 16.3. The Hall–Kier alpha value is -3.07. The molecule has 0 atom stereocenters. The number of ether oxygens (including phenoxy) is 1. The van der Waals surface area contributed by atoms with Crippen molar-refractivity contribution in [3.05, 3.63) is 71.3 Å². The van der Waals surface area contributed by atoms with Gasteiger partial charge in [-0.25, -0.2) is 0 Å². The average molecular weight is 314 g/mol. The summed E-state index contributed by atoms with van der Waals surface area (Å²) in [6.45, 7) is 1.57. The van der Waals surface area contributed by atoms with E-state index in [9.17, 15) is 4.79 Å². The lowest BCUT2D eigenvalue weighted by Gasteiger charge is -2.21. The van der Waals surface area contributed by atoms with Gasteiger partial charge >= 0.3 is 0 Å². The number of ketones is 1. The fraction of sp³-hybridized carbons (Fsp3) is 0.0952. The predicted octanol–water partition coefficient (Wildman–Crippen LogP) is 5.49. The summed E-state index contributed by atoms with van der Waals surface area (Å²) in [5.41, 5.74) is 4.67. The highest BCUT2D eigenvalue weighted by atomic mass is 16.5. The highest BCUT2D eigenvalue weighted by Crippen LogP contribution is 2.43. The summed E-state index contributed by atoms with van der Waals surface area (Å²) in [5.74, 6) is 1.65. The van der Waals surface area contributed by atoms with Crippen LogP contribution in [0.25, 0.3) is 21.9 Å². The standard InChI is InChI=1S/C21H14O3/c1-12(22)13-6-7-14-10-16-18(24-20(14)11-13)8-9-19-21(16)15-4-2-3-5-17(15)23-19/h2-9,11H,10H2,1H3. The van der Waals surface area contributed by atoms with Crippen molar-refractivity contribution in [2.24, 2.45) is 0 Å². The molecular formula is C21H14O3. The molecule has 0 unspecified atom stereocenters. The lowest BCUT2D eigenvalue weighted by atomic mass is 9.94. The molecule has 0 amide bonds. The number of benzene rings is 3. The van der Waals surface area contributed by atoms with E-state index >= 15 is 0 Å². The van der Waals surface area contributed by atoms with Crippen molar-refractivity contribution in [3.8, 4) is 11.5 Å². The molecule has 3 heteroatoms. The van der Waals surface area contributed by atoms with Gasteiger partial charge in [0.15, 0.2) is 5.78 Å². The first-order valence-corrected chi connectivity index (χ1v) is 7.95. The molecule has 3 aromatic carbocycles. The zero-order valence-corrected chi connectivity index (χ0v) is 13.1. The maximum absolute atomic E-state index is 11.6. The summed E-state index contributed by atoms with van der Waals surface area (Å²) in [7, 11) is 0. The number of Topliss-reactive ketones (excluding diaryl/α,β-unsaturated/α-hetero) is 1. The third-order valence-corrected chi connectivity index (χ3v) is 4.67. The molecule has 0 bridgehead atoms. The van der Waals surface area contributed by atoms with Gasteiger partial charge in [-0.05, 0) is 36.8 Å². The molecule has 5 rings (SSSR count). The van der Waals surface area contributed by atoms with Crippen LogP contribution in [0.5, 0.6) is 11.5 Å². The minimum Gasteiger partial charge on any atom is -0.457 e. The first-order chi connectivity index (χ1) is 11.7. The number of para-hydroxylation sites is 1. The molecule has 2 heterocycles. The van der Waals surface area contributed by atoms with Gasteiger partial charge in [0, 0.05) is 28.3 Å². The fourth-order valence-corrected chi connectivity index (χ4v) is 3.46. The van der Waals surface area contributed by atoms with Crippen molar-refractivity contribution in [3.63, 3.8) is 0 Å². The lowest BCUT2D eigenvalue weighted by Crippen LogP contribution is -2.05. The Morgan fingerprint density at radius 1 is 0.958 bits per heavy atom. The van der Waals surface area contributed by atoms with Crippen LogP contribution in [0, 0.1) is 0 Å². The molecule has 1 aromatic heterocycles. The van der Waals surface area contributed by atoms with Gasteiger partial charge in [0.2, 0.25) is 0 Å². The fourth-order valence-electron chi connectivity index (χ4n) is 3.46. The van der Waals surface area contributed by atoms with Gasteiger partial charge in [-0.3, -0.25) is 4.79 Å². The third-order valence-electron chi connectivity index (χ3n) is 4.67. The molecule has 0 fully saturated rings. The average Bonchev–Trinajstić information content (AvgIpc) is 2.98. The smallest absolute Gasteiger partial charge is 0.159 e. The Labute approximate surface area is 138 Å². The van der Waals surface area contributed by atoms with Crippen molar-refractivity contribution < 1.29 is 13.9 Å². The van der Waals surface area contributed by atoms with E-state index < -0.39 is 0 Å². The summed E-state index contributed by atoms with van der Waals surface area (Å²) in [5, 5.41) is 2.22. The molecule has 0 saturated carbocycles. The highest BCUT2D eigenvalue weighted by molar-refractivity contribution is 6.07. The van der Waals surface area contributed by atoms with Gasteiger partial charge in [-0.15, -0.1) is 0 Å². The second kappa shape index (κ2) is 4.71. The lowest BCUT2D eigenvalue weighted by molar-refractivity contribution is 0.101. The van der Waals surface area contributed by atoms with E-state index in [2.05, 4.69) is 6.07 Å². The molecule has 0 radical (unpaired) electrons. The van der Waals surface area contributed by atoms with Crippen LogP contribution < -0.4 is 4.74 Å². The van der Waals surface area contributed by atoms with Gasteiger partial charge in [-0.2, -0.15) is 0 Å². The topological polar surface area (TPSA) is 39.4 Å². The molecule has 0 spiro atoms. The van der Waals surface area contributed by atoms with E-state index in [0.29, 0.717) is 5.56 Å². The van der Waals surface area contributed by atoms with E-state index in [1.165, 1.54) is 0 Å². The molecule has 0 N–H and O–H groups in total. The molecule has 4 aromatic rings. The predicted molar refractivity (Wildman–Crippen MR) is 93.0 cm³/mol. The normalized spacial score (nSPS) is 12.7. The SMILES string of the molecule is CC(=O)c1ccc2c(c1)Oc1ccc3oc4ccccc4c3c1C2. The van der Waals surface area contributed by atoms with Gasteiger partial charge in [0.05, 0.1) is 0 Å². The summed E-state index contributed by atoms with van der Waals surface area (Å²) in [4.78, 5) is 11.6. The minimum atomic E-state index is 0.0449. The van der Waals surface area contributed by atoms with Crippen molar-refractivity contribution >= 4 is 27.7 Å². The van der Waals surface area contributed by atoms with Gasteiger partial charge in [-0.1, -0.05) is 30.3 Å². The monoisotopic (exact) mass is 314 g/mol. The van der Waals surface area contributed by atoms with Crippen molar-refractivity contribution in [1.29, 1.82) is 0 Å². The number of furan rings is 1. The van der Waals surface area contributed by atoms with E-state index in [4.69, 9.17) is 9.15 Å². The summed E-state index contributed by atoms with van der Waals surface area (Å²) < 4.78 is 12.1. The minimum absolute atomic E-state index is 0.0449. The molecule has 0 aliphatic carbocycles. The molecular weight excluding hydrogens is 300 g/mol. The highest BCUT2D eigenvalue weighted by Gasteiger charge is 2.22. The number of carbonyl (C=O) groups excluding carboxylic acids is 1. The maximum atomic E-state index is 11.6. The quantitative estimate of drug-likeness (QED) is 0.384. The van der Waals surface area contributed by atoms with Crippen molar-refractivity contribution in [2.75, 3.05) is 0 Å².